The van der Waals surface area contributed by atoms with Crippen LogP contribution in [0.25, 0.3) is 0 Å². The van der Waals surface area contributed by atoms with Crippen molar-refractivity contribution in [2.24, 2.45) is 0 Å². The molecular formula is C12H16ClN3OS. The molecule has 6 heteroatoms. The molecule has 0 radical (unpaired) electrons. The van der Waals surface area contributed by atoms with E-state index in [9.17, 15) is 4.79 Å². The third-order valence-electron chi connectivity index (χ3n) is 2.83. The van der Waals surface area contributed by atoms with E-state index in [-0.39, 0.29) is 5.91 Å². The summed E-state index contributed by atoms with van der Waals surface area (Å²) in [5.41, 5.74) is 0.561. The lowest BCUT2D eigenvalue weighted by atomic mass is 10.2. The molecule has 1 N–H and O–H groups in total. The SMILES string of the molecule is CNc1ncc(C(=O)N2CCCSCC2)cc1Cl. The first-order valence-corrected chi connectivity index (χ1v) is 7.46. The van der Waals surface area contributed by atoms with Gasteiger partial charge in [0.1, 0.15) is 5.82 Å². The van der Waals surface area contributed by atoms with Crippen LogP contribution < -0.4 is 5.32 Å². The second-order valence-corrected chi connectivity index (χ2v) is 5.69. The second kappa shape index (κ2) is 6.29. The van der Waals surface area contributed by atoms with Crippen LogP contribution in [0.15, 0.2) is 12.3 Å². The quantitative estimate of drug-likeness (QED) is 0.906. The molecule has 1 amide bonds. The standard InChI is InChI=1S/C12H16ClN3OS/c1-14-11-10(13)7-9(8-15-11)12(17)16-3-2-5-18-6-4-16/h7-8H,2-6H2,1H3,(H,14,15). The topological polar surface area (TPSA) is 45.2 Å². The maximum absolute atomic E-state index is 12.3. The summed E-state index contributed by atoms with van der Waals surface area (Å²) in [4.78, 5) is 18.3. The van der Waals surface area contributed by atoms with Gasteiger partial charge in [-0.3, -0.25) is 4.79 Å². The molecule has 1 fully saturated rings. The van der Waals surface area contributed by atoms with Crippen LogP contribution in [-0.4, -0.2) is 47.4 Å². The summed E-state index contributed by atoms with van der Waals surface area (Å²) in [6.45, 7) is 1.62. The van der Waals surface area contributed by atoms with Gasteiger partial charge in [-0.1, -0.05) is 11.6 Å². The van der Waals surface area contributed by atoms with Crippen molar-refractivity contribution in [3.63, 3.8) is 0 Å². The average molecular weight is 286 g/mol. The molecule has 0 atom stereocenters. The van der Waals surface area contributed by atoms with E-state index in [1.165, 1.54) is 0 Å². The molecule has 1 aromatic heterocycles. The zero-order valence-corrected chi connectivity index (χ0v) is 11.9. The largest absolute Gasteiger partial charge is 0.372 e. The Hall–Kier alpha value is -0.940. The number of nitrogens with one attached hydrogen (secondary N) is 1. The number of hydrogen-bond donors (Lipinski definition) is 1. The fourth-order valence-electron chi connectivity index (χ4n) is 1.87. The molecule has 0 unspecified atom stereocenters. The van der Waals surface area contributed by atoms with Crippen molar-refractivity contribution in [2.75, 3.05) is 37.0 Å². The molecule has 1 saturated heterocycles. The Balaban J connectivity index is 2.14. The van der Waals surface area contributed by atoms with E-state index in [1.54, 1.807) is 19.3 Å². The summed E-state index contributed by atoms with van der Waals surface area (Å²) in [5, 5.41) is 3.36. The van der Waals surface area contributed by atoms with Crippen molar-refractivity contribution >= 4 is 35.1 Å². The van der Waals surface area contributed by atoms with Crippen molar-refractivity contribution in [3.8, 4) is 0 Å². The first-order valence-electron chi connectivity index (χ1n) is 5.92. The lowest BCUT2D eigenvalue weighted by Crippen LogP contribution is -2.33. The van der Waals surface area contributed by atoms with Gasteiger partial charge in [0.05, 0.1) is 10.6 Å². The molecule has 4 nitrogen and oxygen atoms in total. The Bertz CT molecular complexity index is 433. The van der Waals surface area contributed by atoms with Crippen molar-refractivity contribution in [3.05, 3.63) is 22.8 Å². The Morgan fingerprint density at radius 3 is 3.06 bits per heavy atom. The average Bonchev–Trinajstić information content (AvgIpc) is 2.66. The van der Waals surface area contributed by atoms with Crippen molar-refractivity contribution in [1.29, 1.82) is 0 Å². The number of carbonyl (C=O) groups is 1. The van der Waals surface area contributed by atoms with E-state index in [1.807, 2.05) is 16.7 Å². The maximum atomic E-state index is 12.3. The van der Waals surface area contributed by atoms with E-state index in [4.69, 9.17) is 11.6 Å². The summed E-state index contributed by atoms with van der Waals surface area (Å²) in [5.74, 6) is 2.75. The molecule has 0 spiro atoms. The monoisotopic (exact) mass is 285 g/mol. The number of carbonyl (C=O) groups excluding carboxylic acids is 1. The number of thioether (sulfide) groups is 1. The van der Waals surface area contributed by atoms with Gasteiger partial charge in [0.25, 0.3) is 5.91 Å². The van der Waals surface area contributed by atoms with E-state index < -0.39 is 0 Å². The number of halogens is 1. The molecular weight excluding hydrogens is 270 g/mol. The zero-order chi connectivity index (χ0) is 13.0. The summed E-state index contributed by atoms with van der Waals surface area (Å²) < 4.78 is 0. The van der Waals surface area contributed by atoms with Crippen LogP contribution in [-0.2, 0) is 0 Å². The van der Waals surface area contributed by atoms with Crippen LogP contribution in [0.2, 0.25) is 5.02 Å². The summed E-state index contributed by atoms with van der Waals surface area (Å²) in [7, 11) is 1.75. The van der Waals surface area contributed by atoms with Gasteiger partial charge in [-0.25, -0.2) is 4.98 Å². The molecule has 0 bridgehead atoms. The fourth-order valence-corrected chi connectivity index (χ4v) is 3.02. The lowest BCUT2D eigenvalue weighted by molar-refractivity contribution is 0.0768. The second-order valence-electron chi connectivity index (χ2n) is 4.06. The Kier molecular flexibility index (Phi) is 4.72. The first kappa shape index (κ1) is 13.5. The first-order chi connectivity index (χ1) is 8.72. The number of amides is 1. The number of anilines is 1. The van der Waals surface area contributed by atoms with E-state index >= 15 is 0 Å². The molecule has 0 saturated carbocycles. The van der Waals surface area contributed by atoms with Crippen LogP contribution in [0, 0.1) is 0 Å². The van der Waals surface area contributed by atoms with Crippen LogP contribution >= 0.6 is 23.4 Å². The van der Waals surface area contributed by atoms with Crippen molar-refractivity contribution in [1.82, 2.24) is 9.88 Å². The zero-order valence-electron chi connectivity index (χ0n) is 10.3. The molecule has 1 aliphatic heterocycles. The highest BCUT2D eigenvalue weighted by Crippen LogP contribution is 2.21. The molecule has 98 valence electrons. The van der Waals surface area contributed by atoms with Gasteiger partial charge < -0.3 is 10.2 Å². The van der Waals surface area contributed by atoms with Crippen LogP contribution in [0.4, 0.5) is 5.82 Å². The summed E-state index contributed by atoms with van der Waals surface area (Å²) in [6.07, 6.45) is 2.63. The fraction of sp³-hybridized carbons (Fsp3) is 0.500. The van der Waals surface area contributed by atoms with Gasteiger partial charge in [-0.15, -0.1) is 0 Å². The van der Waals surface area contributed by atoms with E-state index in [0.29, 0.717) is 16.4 Å². The number of pyridine rings is 1. The van der Waals surface area contributed by atoms with Gasteiger partial charge >= 0.3 is 0 Å². The highest BCUT2D eigenvalue weighted by Gasteiger charge is 2.18. The number of aromatic nitrogens is 1. The molecule has 18 heavy (non-hydrogen) atoms. The Morgan fingerprint density at radius 2 is 2.33 bits per heavy atom. The minimum absolute atomic E-state index is 0.0227. The lowest BCUT2D eigenvalue weighted by Gasteiger charge is -2.20. The number of nitrogens with zero attached hydrogens (tertiary/aromatic N) is 2. The molecule has 0 aromatic carbocycles. The van der Waals surface area contributed by atoms with Gasteiger partial charge in [-0.05, 0) is 18.2 Å². The Morgan fingerprint density at radius 1 is 1.50 bits per heavy atom. The highest BCUT2D eigenvalue weighted by atomic mass is 35.5. The minimum atomic E-state index is 0.0227. The van der Waals surface area contributed by atoms with Crippen molar-refractivity contribution < 1.29 is 4.79 Å². The van der Waals surface area contributed by atoms with Gasteiger partial charge in [0.2, 0.25) is 0 Å². The van der Waals surface area contributed by atoms with Crippen LogP contribution in [0.3, 0.4) is 0 Å². The predicted octanol–water partition coefficient (Wildman–Crippen LogP) is 2.36. The van der Waals surface area contributed by atoms with E-state index in [2.05, 4.69) is 10.3 Å². The molecule has 1 aromatic rings. The normalized spacial score (nSPS) is 16.2. The maximum Gasteiger partial charge on any atom is 0.255 e. The van der Waals surface area contributed by atoms with Crippen molar-refractivity contribution in [2.45, 2.75) is 6.42 Å². The van der Waals surface area contributed by atoms with Crippen LogP contribution in [0.1, 0.15) is 16.8 Å². The van der Waals surface area contributed by atoms with Gasteiger partial charge in [-0.2, -0.15) is 11.8 Å². The Labute approximate surface area is 116 Å². The number of rotatable bonds is 2. The summed E-state index contributed by atoms with van der Waals surface area (Å²) >= 11 is 7.94. The van der Waals surface area contributed by atoms with Crippen LogP contribution in [0.5, 0.6) is 0 Å². The molecule has 2 rings (SSSR count). The third kappa shape index (κ3) is 3.09. The smallest absolute Gasteiger partial charge is 0.255 e. The minimum Gasteiger partial charge on any atom is -0.372 e. The predicted molar refractivity (Wildman–Crippen MR) is 76.6 cm³/mol. The van der Waals surface area contributed by atoms with E-state index in [0.717, 1.165) is 31.0 Å². The molecule has 0 aliphatic carbocycles. The molecule has 1 aliphatic rings. The van der Waals surface area contributed by atoms with Gasteiger partial charge in [0.15, 0.2) is 0 Å². The summed E-state index contributed by atoms with van der Waals surface area (Å²) in [6, 6.07) is 1.68. The molecule has 2 heterocycles. The third-order valence-corrected chi connectivity index (χ3v) is 4.17. The number of hydrogen-bond acceptors (Lipinski definition) is 4. The van der Waals surface area contributed by atoms with Gasteiger partial charge in [0, 0.05) is 32.1 Å². The highest BCUT2D eigenvalue weighted by molar-refractivity contribution is 7.99.